The average molecular weight is 421 g/mol. The number of ether oxygens (including phenoxy) is 1. The van der Waals surface area contributed by atoms with E-state index in [9.17, 15) is 18.0 Å². The van der Waals surface area contributed by atoms with Gasteiger partial charge < -0.3 is 15.0 Å². The molecule has 1 N–H and O–H groups in total. The minimum Gasteiger partial charge on any atom is -0.378 e. The van der Waals surface area contributed by atoms with Crippen LogP contribution in [0.1, 0.15) is 33.9 Å². The summed E-state index contributed by atoms with van der Waals surface area (Å²) in [4.78, 5) is 15.0. The summed E-state index contributed by atoms with van der Waals surface area (Å²) in [6.07, 6.45) is -4.73. The van der Waals surface area contributed by atoms with E-state index in [0.717, 1.165) is 9.56 Å². The van der Waals surface area contributed by atoms with Crippen molar-refractivity contribution in [2.75, 3.05) is 31.6 Å². The summed E-state index contributed by atoms with van der Waals surface area (Å²) >= 11 is 7.68. The van der Waals surface area contributed by atoms with Crippen LogP contribution in [0.2, 0.25) is 5.02 Å². The first-order valence-electron chi connectivity index (χ1n) is 8.38. The van der Waals surface area contributed by atoms with Crippen molar-refractivity contribution in [2.24, 2.45) is 0 Å². The number of amides is 1. The van der Waals surface area contributed by atoms with E-state index < -0.39 is 24.2 Å². The minimum absolute atomic E-state index is 0.0280. The normalized spacial score (nSPS) is 23.0. The van der Waals surface area contributed by atoms with Gasteiger partial charge in [0.2, 0.25) is 0 Å². The van der Waals surface area contributed by atoms with Crippen molar-refractivity contribution in [3.8, 4) is 0 Å². The molecule has 4 rings (SSSR count). The summed E-state index contributed by atoms with van der Waals surface area (Å²) in [5, 5.41) is 8.72. The number of thiophene rings is 1. The Morgan fingerprint density at radius 3 is 2.74 bits per heavy atom. The molecule has 0 spiro atoms. The monoisotopic (exact) mass is 420 g/mol. The molecular formula is C16H16ClF3N4O2S. The molecule has 1 saturated heterocycles. The summed E-state index contributed by atoms with van der Waals surface area (Å²) in [7, 11) is 0. The van der Waals surface area contributed by atoms with Crippen LogP contribution in [0, 0.1) is 0 Å². The lowest BCUT2D eigenvalue weighted by molar-refractivity contribution is -0.173. The number of aromatic nitrogens is 2. The van der Waals surface area contributed by atoms with Crippen LogP contribution in [0.15, 0.2) is 17.5 Å². The fourth-order valence-electron chi connectivity index (χ4n) is 3.32. The van der Waals surface area contributed by atoms with Crippen molar-refractivity contribution in [3.63, 3.8) is 0 Å². The van der Waals surface area contributed by atoms with Crippen molar-refractivity contribution in [2.45, 2.75) is 24.7 Å². The third-order valence-corrected chi connectivity index (χ3v) is 6.03. The molecule has 2 aliphatic heterocycles. The van der Waals surface area contributed by atoms with Crippen LogP contribution in [-0.4, -0.2) is 53.1 Å². The Labute approximate surface area is 161 Å². The van der Waals surface area contributed by atoms with Crippen LogP contribution in [0.4, 0.5) is 19.0 Å². The Morgan fingerprint density at radius 1 is 1.37 bits per heavy atom. The number of hydrogen-bond acceptors (Lipinski definition) is 5. The van der Waals surface area contributed by atoms with Crippen molar-refractivity contribution >= 4 is 34.7 Å². The van der Waals surface area contributed by atoms with Gasteiger partial charge in [0.05, 0.1) is 19.3 Å². The first kappa shape index (κ1) is 18.6. The summed E-state index contributed by atoms with van der Waals surface area (Å²) in [5.41, 5.74) is -0.165. The Hall–Kier alpha value is -1.78. The zero-order chi connectivity index (χ0) is 19.2. The zero-order valence-corrected chi connectivity index (χ0v) is 15.6. The molecule has 2 aromatic heterocycles. The Bertz CT molecular complexity index is 834. The van der Waals surface area contributed by atoms with Gasteiger partial charge in [-0.2, -0.15) is 18.3 Å². The molecule has 1 fully saturated rings. The maximum Gasteiger partial charge on any atom is 0.410 e. The van der Waals surface area contributed by atoms with E-state index in [1.165, 1.54) is 16.2 Å². The van der Waals surface area contributed by atoms with Gasteiger partial charge in [0, 0.05) is 24.4 Å². The molecule has 0 aromatic carbocycles. The van der Waals surface area contributed by atoms with Gasteiger partial charge in [0.25, 0.3) is 5.91 Å². The topological polar surface area (TPSA) is 59.4 Å². The van der Waals surface area contributed by atoms with E-state index in [-0.39, 0.29) is 23.0 Å². The van der Waals surface area contributed by atoms with Crippen LogP contribution in [0.5, 0.6) is 0 Å². The van der Waals surface area contributed by atoms with Gasteiger partial charge >= 0.3 is 6.18 Å². The second kappa shape index (κ2) is 6.99. The molecule has 11 heteroatoms. The predicted molar refractivity (Wildman–Crippen MR) is 94.4 cm³/mol. The van der Waals surface area contributed by atoms with E-state index in [1.54, 1.807) is 17.5 Å². The number of carbonyl (C=O) groups excluding carboxylic acids is 1. The van der Waals surface area contributed by atoms with E-state index >= 15 is 0 Å². The Kier molecular flexibility index (Phi) is 4.81. The number of anilines is 1. The van der Waals surface area contributed by atoms with E-state index in [4.69, 9.17) is 16.3 Å². The van der Waals surface area contributed by atoms with Crippen molar-refractivity contribution in [1.82, 2.24) is 14.7 Å². The lowest BCUT2D eigenvalue weighted by atomic mass is 10.0. The van der Waals surface area contributed by atoms with Gasteiger partial charge in [-0.25, -0.2) is 4.68 Å². The number of alkyl halides is 3. The molecule has 0 saturated carbocycles. The van der Waals surface area contributed by atoms with Crippen molar-refractivity contribution in [3.05, 3.63) is 33.1 Å². The highest BCUT2D eigenvalue weighted by atomic mass is 35.5. The third-order valence-electron chi connectivity index (χ3n) is 4.68. The summed E-state index contributed by atoms with van der Waals surface area (Å²) in [5.74, 6) is -0.458. The quantitative estimate of drug-likeness (QED) is 0.804. The molecular weight excluding hydrogens is 405 g/mol. The standard InChI is InChI=1S/C16H16ClF3N4O2S/c17-12-13(15(25)23-3-5-26-6-4-23)22-24-11(16(18,19)20)8-9(21-14(12)24)10-2-1-7-27-10/h1-2,7,9,11,21H,3-6,8H2/t9-,11-/m1/s1. The second-order valence-corrected chi connectivity index (χ2v) is 7.72. The largest absolute Gasteiger partial charge is 0.410 e. The molecule has 0 bridgehead atoms. The van der Waals surface area contributed by atoms with Gasteiger partial charge in [-0.05, 0) is 11.4 Å². The average Bonchev–Trinajstić information content (AvgIpc) is 3.29. The molecule has 6 nitrogen and oxygen atoms in total. The number of nitrogens with one attached hydrogen (secondary N) is 1. The minimum atomic E-state index is -4.51. The van der Waals surface area contributed by atoms with Crippen molar-refractivity contribution in [1.29, 1.82) is 0 Å². The van der Waals surface area contributed by atoms with Crippen LogP contribution >= 0.6 is 22.9 Å². The molecule has 0 unspecified atom stereocenters. The molecule has 2 atom stereocenters. The van der Waals surface area contributed by atoms with E-state index in [1.807, 2.05) is 0 Å². The summed E-state index contributed by atoms with van der Waals surface area (Å²) < 4.78 is 47.1. The first-order chi connectivity index (χ1) is 12.9. The second-order valence-electron chi connectivity index (χ2n) is 6.37. The highest BCUT2D eigenvalue weighted by Crippen LogP contribution is 2.46. The van der Waals surface area contributed by atoms with E-state index in [0.29, 0.717) is 26.3 Å². The molecule has 2 aromatic rings. The van der Waals surface area contributed by atoms with Gasteiger partial charge in [0.1, 0.15) is 10.8 Å². The Balaban J connectivity index is 1.72. The van der Waals surface area contributed by atoms with Gasteiger partial charge in [-0.3, -0.25) is 4.79 Å². The van der Waals surface area contributed by atoms with Crippen LogP contribution in [0.25, 0.3) is 0 Å². The van der Waals surface area contributed by atoms with Crippen LogP contribution in [-0.2, 0) is 4.74 Å². The van der Waals surface area contributed by atoms with E-state index in [2.05, 4.69) is 10.4 Å². The third kappa shape index (κ3) is 3.41. The lowest BCUT2D eigenvalue weighted by Gasteiger charge is -2.32. The summed E-state index contributed by atoms with van der Waals surface area (Å²) in [6, 6.07) is 1.15. The number of hydrogen-bond donors (Lipinski definition) is 1. The fraction of sp³-hybridized carbons (Fsp3) is 0.500. The number of carbonyl (C=O) groups is 1. The number of morpholine rings is 1. The van der Waals surface area contributed by atoms with Gasteiger partial charge in [-0.15, -0.1) is 11.3 Å². The van der Waals surface area contributed by atoms with Crippen LogP contribution < -0.4 is 5.32 Å². The number of nitrogens with zero attached hydrogens (tertiary/aromatic N) is 3. The number of rotatable bonds is 2. The molecule has 27 heavy (non-hydrogen) atoms. The highest BCUT2D eigenvalue weighted by molar-refractivity contribution is 7.10. The van der Waals surface area contributed by atoms with Gasteiger partial charge in [0.15, 0.2) is 11.7 Å². The molecule has 0 radical (unpaired) electrons. The number of halogens is 4. The fourth-order valence-corrected chi connectivity index (χ4v) is 4.37. The maximum absolute atomic E-state index is 13.7. The smallest absolute Gasteiger partial charge is 0.378 e. The first-order valence-corrected chi connectivity index (χ1v) is 9.63. The molecule has 2 aliphatic rings. The molecule has 4 heterocycles. The zero-order valence-electron chi connectivity index (χ0n) is 14.0. The summed E-state index contributed by atoms with van der Waals surface area (Å²) in [6.45, 7) is 1.46. The lowest BCUT2D eigenvalue weighted by Crippen LogP contribution is -2.41. The molecule has 1 amide bonds. The molecule has 0 aliphatic carbocycles. The Morgan fingerprint density at radius 2 is 2.11 bits per heavy atom. The van der Waals surface area contributed by atoms with Gasteiger partial charge in [-0.1, -0.05) is 17.7 Å². The number of fused-ring (bicyclic) bond motifs is 1. The SMILES string of the molecule is O=C(c1nn2c(c1Cl)N[C@@H](c1cccs1)C[C@@H]2C(F)(F)F)N1CCOCC1. The van der Waals surface area contributed by atoms with Crippen LogP contribution in [0.3, 0.4) is 0 Å². The van der Waals surface area contributed by atoms with Crippen molar-refractivity contribution < 1.29 is 22.7 Å². The highest BCUT2D eigenvalue weighted by Gasteiger charge is 2.48. The molecule has 146 valence electrons. The predicted octanol–water partition coefficient (Wildman–Crippen LogP) is 3.73. The maximum atomic E-state index is 13.7.